The van der Waals surface area contributed by atoms with E-state index in [0.29, 0.717) is 36.5 Å². The average Bonchev–Trinajstić information content (AvgIpc) is 3.72. The molecular weight excluding hydrogens is 844 g/mol. The summed E-state index contributed by atoms with van der Waals surface area (Å²) in [6.45, 7) is 7.28. The lowest BCUT2D eigenvalue weighted by Crippen LogP contribution is -2.65. The molecule has 64 heavy (non-hydrogen) atoms. The van der Waals surface area contributed by atoms with Gasteiger partial charge in [0.05, 0.1) is 38.6 Å². The Balaban J connectivity index is 0.836. The third-order valence-corrected chi connectivity index (χ3v) is 18.0. The van der Waals surface area contributed by atoms with Crippen LogP contribution in [0.25, 0.3) is 0 Å². The molecule has 0 aromatic heterocycles. The predicted octanol–water partition coefficient (Wildman–Crippen LogP) is -1.78. The second-order valence-corrected chi connectivity index (χ2v) is 21.5. The maximum Gasteiger partial charge on any atom is 0.187 e. The Bertz CT molecular complexity index is 1560. The van der Waals surface area contributed by atoms with E-state index in [1.807, 2.05) is 6.92 Å². The largest absolute Gasteiger partial charge is 0.394 e. The van der Waals surface area contributed by atoms with Crippen molar-refractivity contribution >= 4 is 0 Å². The molecule has 4 aliphatic heterocycles. The van der Waals surface area contributed by atoms with E-state index in [1.165, 1.54) is 0 Å². The lowest BCUT2D eigenvalue weighted by molar-refractivity contribution is -0.364. The van der Waals surface area contributed by atoms with Crippen molar-refractivity contribution in [1.82, 2.24) is 0 Å². The molecule has 19 heteroatoms. The maximum atomic E-state index is 12.0. The van der Waals surface area contributed by atoms with Gasteiger partial charge in [0.1, 0.15) is 73.2 Å². The van der Waals surface area contributed by atoms with Crippen LogP contribution in [0, 0.1) is 52.3 Å². The van der Waals surface area contributed by atoms with Crippen LogP contribution in [0.2, 0.25) is 0 Å². The molecule has 4 aliphatic carbocycles. The zero-order valence-electron chi connectivity index (χ0n) is 37.5. The molecule has 1 unspecified atom stereocenters. The molecule has 4 saturated heterocycles. The smallest absolute Gasteiger partial charge is 0.187 e. The Morgan fingerprint density at radius 2 is 1.20 bits per heavy atom. The zero-order chi connectivity index (χ0) is 46.2. The van der Waals surface area contributed by atoms with Crippen LogP contribution < -0.4 is 0 Å². The first-order valence-corrected chi connectivity index (χ1v) is 23.9. The summed E-state index contributed by atoms with van der Waals surface area (Å²) >= 11 is 0. The number of hydrogen-bond donors (Lipinski definition) is 12. The van der Waals surface area contributed by atoms with Gasteiger partial charge in [-0.2, -0.15) is 0 Å². The van der Waals surface area contributed by atoms with Crippen molar-refractivity contribution in [3.05, 3.63) is 0 Å². The van der Waals surface area contributed by atoms with E-state index in [0.717, 1.165) is 51.4 Å². The van der Waals surface area contributed by atoms with Gasteiger partial charge in [-0.15, -0.1) is 0 Å². The van der Waals surface area contributed by atoms with Gasteiger partial charge in [0.2, 0.25) is 0 Å². The quantitative estimate of drug-likeness (QED) is 0.0909. The summed E-state index contributed by atoms with van der Waals surface area (Å²) in [5.41, 5.74) is 0.0896. The van der Waals surface area contributed by atoms with Crippen LogP contribution in [-0.4, -0.2) is 198 Å². The fraction of sp³-hybridized carbons (Fsp3) is 1.00. The highest BCUT2D eigenvalue weighted by atomic mass is 16.7. The fourth-order valence-electron chi connectivity index (χ4n) is 14.2. The molecule has 0 aromatic carbocycles. The Morgan fingerprint density at radius 3 is 1.86 bits per heavy atom. The summed E-state index contributed by atoms with van der Waals surface area (Å²) in [6, 6.07) is 0. The molecule has 0 aromatic rings. The summed E-state index contributed by atoms with van der Waals surface area (Å²) in [7, 11) is 0. The van der Waals surface area contributed by atoms with Gasteiger partial charge >= 0.3 is 0 Å². The highest BCUT2D eigenvalue weighted by molar-refractivity contribution is 5.15. The van der Waals surface area contributed by atoms with E-state index in [-0.39, 0.29) is 47.4 Å². The molecule has 4 saturated carbocycles. The van der Waals surface area contributed by atoms with Crippen LogP contribution in [0.3, 0.4) is 0 Å². The highest BCUT2D eigenvalue weighted by Crippen LogP contribution is 2.71. The van der Waals surface area contributed by atoms with E-state index >= 15 is 0 Å². The average molecular weight is 921 g/mol. The fourth-order valence-corrected chi connectivity index (χ4v) is 14.2. The molecule has 4 heterocycles. The maximum absolute atomic E-state index is 12.0. The monoisotopic (exact) mass is 920 g/mol. The van der Waals surface area contributed by atoms with Crippen molar-refractivity contribution in [2.24, 2.45) is 52.3 Å². The van der Waals surface area contributed by atoms with Gasteiger partial charge in [-0.3, -0.25) is 0 Å². The molecule has 27 atom stereocenters. The normalized spacial score (nSPS) is 55.6. The summed E-state index contributed by atoms with van der Waals surface area (Å²) in [5.74, 6) is 0.654. The second kappa shape index (κ2) is 19.2. The lowest BCUT2D eigenvalue weighted by atomic mass is 9.44. The Morgan fingerprint density at radius 1 is 0.625 bits per heavy atom. The van der Waals surface area contributed by atoms with E-state index in [9.17, 15) is 61.3 Å². The first-order valence-electron chi connectivity index (χ1n) is 23.9. The predicted molar refractivity (Wildman–Crippen MR) is 219 cm³/mol. The van der Waals surface area contributed by atoms with E-state index in [1.54, 1.807) is 0 Å². The second-order valence-electron chi connectivity index (χ2n) is 21.5. The van der Waals surface area contributed by atoms with Crippen molar-refractivity contribution in [2.45, 2.75) is 202 Å². The number of ether oxygens (including phenoxy) is 7. The first kappa shape index (κ1) is 49.7. The van der Waals surface area contributed by atoms with Crippen LogP contribution in [0.4, 0.5) is 0 Å². The van der Waals surface area contributed by atoms with Crippen LogP contribution in [0.1, 0.15) is 91.9 Å². The molecule has 370 valence electrons. The first-order chi connectivity index (χ1) is 30.3. The molecule has 0 bridgehead atoms. The summed E-state index contributed by atoms with van der Waals surface area (Å²) < 4.78 is 41.5. The van der Waals surface area contributed by atoms with Crippen LogP contribution in [0.5, 0.6) is 0 Å². The van der Waals surface area contributed by atoms with E-state index in [4.69, 9.17) is 33.2 Å². The minimum Gasteiger partial charge on any atom is -0.394 e. The molecule has 8 aliphatic rings. The topological polar surface area (TPSA) is 307 Å². The van der Waals surface area contributed by atoms with Gasteiger partial charge in [0.25, 0.3) is 0 Å². The van der Waals surface area contributed by atoms with Crippen molar-refractivity contribution in [2.75, 3.05) is 26.4 Å². The highest BCUT2D eigenvalue weighted by Gasteiger charge is 2.68. The number of aliphatic hydroxyl groups is 12. The SMILES string of the molecule is C[C@@H](CCC1(O)O[C@H]2C[C@H]3[C@@H]4CC[C@@H]5C[C@@H](O[C@@H]6O[C@H](CO)[C@H](O[C@@H]7O[C@H](CO)[C@@H](O)[C@H](O)[C@H]7O)[C@H](O)[C@H]6O)CC[C@]5(C)[C@H]4CC[C@]3(C)[C@H]2[C@@H]1C)CO[C@@H]1O[C@H](CO)[C@@H](O)[C@H](O)[C@H]1O. The van der Waals surface area contributed by atoms with Gasteiger partial charge in [0, 0.05) is 12.3 Å². The van der Waals surface area contributed by atoms with Gasteiger partial charge in [-0.1, -0.05) is 27.7 Å². The molecule has 8 rings (SSSR count). The lowest BCUT2D eigenvalue weighted by Gasteiger charge is -2.61. The molecule has 8 fully saturated rings. The molecule has 12 N–H and O–H groups in total. The minimum absolute atomic E-state index is 0.0139. The minimum atomic E-state index is -1.75. The molecule has 0 amide bonds. The third kappa shape index (κ3) is 8.65. The van der Waals surface area contributed by atoms with Gasteiger partial charge in [-0.05, 0) is 104 Å². The molecule has 0 spiro atoms. The number of aliphatic hydroxyl groups excluding tert-OH is 11. The van der Waals surface area contributed by atoms with Crippen LogP contribution >= 0.6 is 0 Å². The standard InChI is InChI=1S/C45H76O19/c1-19(18-58-40-36(54)33(51)31(49)27(15-46)60-40)7-12-45(57)20(2)30-26(64-45)14-25-23-6-5-21-13-22(8-10-43(21,3)24(23)9-11-44(25,30)4)59-41-38(56)35(53)39(29(17-48)62-41)63-42-37(55)34(52)32(50)28(16-47)61-42/h19-42,46-57H,5-18H2,1-4H3/t19-,20-,21+,22-,23+,24-,25-,26-,27+,28+,29+,30-,31+,32+,33-,34-,35+,36+,37+,38+,39-,40+,41+,42-,43-,44-,45?/m0/s1. The zero-order valence-corrected chi connectivity index (χ0v) is 37.5. The van der Waals surface area contributed by atoms with Gasteiger partial charge < -0.3 is 94.4 Å². The van der Waals surface area contributed by atoms with Crippen molar-refractivity contribution < 1.29 is 94.4 Å². The van der Waals surface area contributed by atoms with Gasteiger partial charge in [-0.25, -0.2) is 0 Å². The molecule has 19 nitrogen and oxygen atoms in total. The van der Waals surface area contributed by atoms with E-state index in [2.05, 4.69) is 20.8 Å². The van der Waals surface area contributed by atoms with Gasteiger partial charge in [0.15, 0.2) is 24.7 Å². The number of hydrogen-bond acceptors (Lipinski definition) is 19. The van der Waals surface area contributed by atoms with Crippen molar-refractivity contribution in [3.63, 3.8) is 0 Å². The third-order valence-electron chi connectivity index (χ3n) is 18.0. The Hall–Kier alpha value is -0.760. The van der Waals surface area contributed by atoms with Crippen LogP contribution in [-0.2, 0) is 33.2 Å². The van der Waals surface area contributed by atoms with Crippen molar-refractivity contribution in [1.29, 1.82) is 0 Å². The number of fused-ring (bicyclic) bond motifs is 7. The summed E-state index contributed by atoms with van der Waals surface area (Å²) in [6.07, 6.45) is -13.5. The molecular formula is C45H76O19. The van der Waals surface area contributed by atoms with E-state index < -0.39 is 118 Å². The number of rotatable bonds is 13. The van der Waals surface area contributed by atoms with Crippen molar-refractivity contribution in [3.8, 4) is 0 Å². The Kier molecular flexibility index (Phi) is 14.9. The Labute approximate surface area is 374 Å². The summed E-state index contributed by atoms with van der Waals surface area (Å²) in [5, 5.41) is 125. The summed E-state index contributed by atoms with van der Waals surface area (Å²) in [4.78, 5) is 0. The van der Waals surface area contributed by atoms with Crippen LogP contribution in [0.15, 0.2) is 0 Å². The molecule has 0 radical (unpaired) electrons.